The van der Waals surface area contributed by atoms with Gasteiger partial charge in [0.15, 0.2) is 0 Å². The van der Waals surface area contributed by atoms with E-state index in [1.54, 1.807) is 0 Å². The predicted octanol–water partition coefficient (Wildman–Crippen LogP) is 1.74. The number of carboxylic acid groups (broad SMARTS) is 1. The Bertz CT molecular complexity index is 707. The summed E-state index contributed by atoms with van der Waals surface area (Å²) in [7, 11) is -3.86. The number of hydrogen-bond donors (Lipinski definition) is 2. The monoisotopic (exact) mass is 328 g/mol. The Kier molecular flexibility index (Phi) is 4.52. The summed E-state index contributed by atoms with van der Waals surface area (Å²) in [5, 5.41) is 17.7. The first kappa shape index (κ1) is 15.8. The zero-order chi connectivity index (χ0) is 15.6. The minimum Gasteiger partial charge on any atom is -0.481 e. The third-order valence-corrected chi connectivity index (χ3v) is 5.06. The van der Waals surface area contributed by atoms with E-state index in [-0.39, 0.29) is 27.8 Å². The Hall–Kier alpha value is -1.62. The summed E-state index contributed by atoms with van der Waals surface area (Å²) in [4.78, 5) is 10.7. The third-order valence-electron chi connectivity index (χ3n) is 3.26. The molecule has 1 unspecified atom stereocenters. The van der Waals surface area contributed by atoms with Gasteiger partial charge in [-0.1, -0.05) is 11.6 Å². The molecule has 0 saturated heterocycles. The molecule has 0 amide bonds. The zero-order valence-electron chi connectivity index (χ0n) is 10.9. The molecule has 8 heteroatoms. The van der Waals surface area contributed by atoms with Gasteiger partial charge in [0.2, 0.25) is 10.0 Å². The van der Waals surface area contributed by atoms with Crippen molar-refractivity contribution in [3.05, 3.63) is 28.8 Å². The number of sulfonamides is 1. The van der Waals surface area contributed by atoms with Gasteiger partial charge in [-0.05, 0) is 37.0 Å². The summed E-state index contributed by atoms with van der Waals surface area (Å²) < 4.78 is 26.9. The van der Waals surface area contributed by atoms with Gasteiger partial charge in [0.1, 0.15) is 6.07 Å². The van der Waals surface area contributed by atoms with E-state index in [9.17, 15) is 13.2 Å². The highest BCUT2D eigenvalue weighted by Crippen LogP contribution is 2.35. The summed E-state index contributed by atoms with van der Waals surface area (Å²) in [5.41, 5.74) is 0.180. The van der Waals surface area contributed by atoms with Gasteiger partial charge < -0.3 is 5.11 Å². The minimum absolute atomic E-state index is 0.0431. The molecule has 1 fully saturated rings. The van der Waals surface area contributed by atoms with Crippen molar-refractivity contribution in [1.82, 2.24) is 4.72 Å². The van der Waals surface area contributed by atoms with E-state index in [0.717, 1.165) is 12.8 Å². The molecule has 2 N–H and O–H groups in total. The van der Waals surface area contributed by atoms with Crippen LogP contribution in [0, 0.1) is 17.2 Å². The molecule has 112 valence electrons. The Morgan fingerprint density at radius 1 is 1.52 bits per heavy atom. The normalized spacial score (nSPS) is 16.2. The average molecular weight is 329 g/mol. The molecule has 2 rings (SSSR count). The third kappa shape index (κ3) is 3.94. The predicted molar refractivity (Wildman–Crippen MR) is 75.3 cm³/mol. The van der Waals surface area contributed by atoms with Crippen molar-refractivity contribution in [3.63, 3.8) is 0 Å². The van der Waals surface area contributed by atoms with Crippen LogP contribution in [0.2, 0.25) is 5.02 Å². The van der Waals surface area contributed by atoms with Gasteiger partial charge in [-0.25, -0.2) is 13.1 Å². The number of nitrogens with one attached hydrogen (secondary N) is 1. The molecule has 0 heterocycles. The lowest BCUT2D eigenvalue weighted by atomic mass is 10.1. The van der Waals surface area contributed by atoms with Crippen LogP contribution in [0.5, 0.6) is 0 Å². The van der Waals surface area contributed by atoms with Crippen molar-refractivity contribution in [2.24, 2.45) is 5.92 Å². The standard InChI is InChI=1S/C13H13ClN2O4S/c14-11-5-10(4-3-9(11)7-15)21(19,20)16-12(6-13(17)18)8-1-2-8/h3-5,8,12,16H,1-2,6H2,(H,17,18). The van der Waals surface area contributed by atoms with Crippen molar-refractivity contribution in [2.45, 2.75) is 30.2 Å². The fourth-order valence-electron chi connectivity index (χ4n) is 2.01. The zero-order valence-corrected chi connectivity index (χ0v) is 12.5. The van der Waals surface area contributed by atoms with E-state index in [0.29, 0.717) is 0 Å². The second-order valence-corrected chi connectivity index (χ2v) is 7.04. The smallest absolute Gasteiger partial charge is 0.304 e. The van der Waals surface area contributed by atoms with E-state index >= 15 is 0 Å². The van der Waals surface area contributed by atoms with Crippen LogP contribution < -0.4 is 4.72 Å². The first-order valence-corrected chi connectivity index (χ1v) is 8.13. The fourth-order valence-corrected chi connectivity index (χ4v) is 3.63. The van der Waals surface area contributed by atoms with E-state index < -0.39 is 22.0 Å². The Morgan fingerprint density at radius 2 is 2.19 bits per heavy atom. The van der Waals surface area contributed by atoms with Crippen LogP contribution in [-0.2, 0) is 14.8 Å². The van der Waals surface area contributed by atoms with E-state index in [1.165, 1.54) is 18.2 Å². The molecule has 1 aliphatic carbocycles. The summed E-state index contributed by atoms with van der Waals surface area (Å²) in [6, 6.07) is 5.00. The second-order valence-electron chi connectivity index (χ2n) is 4.92. The largest absolute Gasteiger partial charge is 0.481 e. The van der Waals surface area contributed by atoms with Gasteiger partial charge in [-0.2, -0.15) is 5.26 Å². The molecule has 0 radical (unpaired) electrons. The van der Waals surface area contributed by atoms with Crippen LogP contribution in [0.3, 0.4) is 0 Å². The van der Waals surface area contributed by atoms with Gasteiger partial charge >= 0.3 is 5.97 Å². The number of carboxylic acids is 1. The highest BCUT2D eigenvalue weighted by Gasteiger charge is 2.35. The first-order chi connectivity index (χ1) is 9.83. The summed E-state index contributed by atoms with van der Waals surface area (Å²) in [6.07, 6.45) is 1.37. The molecule has 0 aromatic heterocycles. The highest BCUT2D eigenvalue weighted by atomic mass is 35.5. The molecule has 6 nitrogen and oxygen atoms in total. The molecule has 1 aromatic carbocycles. The molecular weight excluding hydrogens is 316 g/mol. The number of halogens is 1. The molecule has 1 saturated carbocycles. The van der Waals surface area contributed by atoms with Crippen LogP contribution in [-0.4, -0.2) is 25.5 Å². The van der Waals surface area contributed by atoms with Crippen LogP contribution in [0.1, 0.15) is 24.8 Å². The number of rotatable bonds is 6. The Balaban J connectivity index is 2.23. The first-order valence-electron chi connectivity index (χ1n) is 6.27. The number of carbonyl (C=O) groups is 1. The molecule has 0 bridgehead atoms. The molecule has 21 heavy (non-hydrogen) atoms. The maximum absolute atomic E-state index is 12.3. The molecular formula is C13H13ClN2O4S. The van der Waals surface area contributed by atoms with Crippen LogP contribution in [0.25, 0.3) is 0 Å². The number of benzene rings is 1. The Labute approximate surface area is 127 Å². The van der Waals surface area contributed by atoms with Crippen molar-refractivity contribution in [1.29, 1.82) is 5.26 Å². The maximum Gasteiger partial charge on any atom is 0.304 e. The average Bonchev–Trinajstić information content (AvgIpc) is 3.21. The van der Waals surface area contributed by atoms with Crippen LogP contribution >= 0.6 is 11.6 Å². The Morgan fingerprint density at radius 3 is 2.67 bits per heavy atom. The molecule has 1 atom stereocenters. The highest BCUT2D eigenvalue weighted by molar-refractivity contribution is 7.89. The molecule has 1 aromatic rings. The quantitative estimate of drug-likeness (QED) is 0.827. The van der Waals surface area contributed by atoms with Crippen molar-refractivity contribution < 1.29 is 18.3 Å². The summed E-state index contributed by atoms with van der Waals surface area (Å²) >= 11 is 5.82. The number of aliphatic carboxylic acids is 1. The molecule has 0 spiro atoms. The number of nitrogens with zero attached hydrogens (tertiary/aromatic N) is 1. The van der Waals surface area contributed by atoms with Gasteiger partial charge in [-0.3, -0.25) is 4.79 Å². The molecule has 0 aliphatic heterocycles. The lowest BCUT2D eigenvalue weighted by molar-refractivity contribution is -0.137. The van der Waals surface area contributed by atoms with E-state index in [4.69, 9.17) is 22.0 Å². The van der Waals surface area contributed by atoms with Gasteiger partial charge in [0.05, 0.1) is 21.9 Å². The SMILES string of the molecule is N#Cc1ccc(S(=O)(=O)NC(CC(=O)O)C2CC2)cc1Cl. The van der Waals surface area contributed by atoms with Crippen LogP contribution in [0.4, 0.5) is 0 Å². The summed E-state index contributed by atoms with van der Waals surface area (Å²) in [6.45, 7) is 0. The van der Waals surface area contributed by atoms with E-state index in [2.05, 4.69) is 4.72 Å². The van der Waals surface area contributed by atoms with Crippen molar-refractivity contribution >= 4 is 27.6 Å². The van der Waals surface area contributed by atoms with Gasteiger partial charge in [0, 0.05) is 6.04 Å². The minimum atomic E-state index is -3.86. The number of hydrogen-bond acceptors (Lipinski definition) is 4. The number of nitriles is 1. The van der Waals surface area contributed by atoms with E-state index in [1.807, 2.05) is 6.07 Å². The topological polar surface area (TPSA) is 107 Å². The van der Waals surface area contributed by atoms with Crippen LogP contribution in [0.15, 0.2) is 23.1 Å². The fraction of sp³-hybridized carbons (Fsp3) is 0.385. The van der Waals surface area contributed by atoms with Crippen molar-refractivity contribution in [2.75, 3.05) is 0 Å². The van der Waals surface area contributed by atoms with Gasteiger partial charge in [0.25, 0.3) is 0 Å². The van der Waals surface area contributed by atoms with Crippen molar-refractivity contribution in [3.8, 4) is 6.07 Å². The summed E-state index contributed by atoms with van der Waals surface area (Å²) in [5.74, 6) is -0.989. The lowest BCUT2D eigenvalue weighted by Crippen LogP contribution is -2.38. The van der Waals surface area contributed by atoms with Gasteiger partial charge in [-0.15, -0.1) is 0 Å². The second kappa shape index (κ2) is 6.02. The lowest BCUT2D eigenvalue weighted by Gasteiger charge is -2.16. The maximum atomic E-state index is 12.3. The molecule has 1 aliphatic rings.